The first-order chi connectivity index (χ1) is 9.31. The van der Waals surface area contributed by atoms with Crippen LogP contribution in [-0.4, -0.2) is 50.6 Å². The number of carboxylic acids is 1. The van der Waals surface area contributed by atoms with E-state index in [-0.39, 0.29) is 15.8 Å². The van der Waals surface area contributed by atoms with Crippen molar-refractivity contribution in [3.05, 3.63) is 15.8 Å². The maximum Gasteiger partial charge on any atom is 0.347 e. The average molecular weight is 318 g/mol. The van der Waals surface area contributed by atoms with Crippen molar-refractivity contribution in [2.75, 3.05) is 20.1 Å². The van der Waals surface area contributed by atoms with Crippen LogP contribution in [0.4, 0.5) is 0 Å². The molecule has 1 aromatic rings. The molecule has 1 aromatic heterocycles. The molecule has 0 unspecified atom stereocenters. The van der Waals surface area contributed by atoms with Gasteiger partial charge in [-0.25, -0.2) is 17.9 Å². The highest BCUT2D eigenvalue weighted by atomic mass is 32.2. The molecule has 1 saturated heterocycles. The van der Waals surface area contributed by atoms with Gasteiger partial charge in [0.25, 0.3) is 0 Å². The predicted octanol–water partition coefficient (Wildman–Crippen LogP) is 1.13. The van der Waals surface area contributed by atoms with Gasteiger partial charge < -0.3 is 10.0 Å². The summed E-state index contributed by atoms with van der Waals surface area (Å²) >= 11 is 0.947. The summed E-state index contributed by atoms with van der Waals surface area (Å²) in [5.74, 6) is -1.20. The lowest BCUT2D eigenvalue weighted by molar-refractivity contribution is 0.0698. The number of nitrogens with zero attached hydrogens (tertiary/aromatic N) is 1. The topological polar surface area (TPSA) is 86.7 Å². The lowest BCUT2D eigenvalue weighted by atomic mass is 10.1. The fourth-order valence-corrected chi connectivity index (χ4v) is 5.26. The average Bonchev–Trinajstić information content (AvgIpc) is 2.75. The minimum absolute atomic E-state index is 0.0890. The molecule has 2 N–H and O–H groups in total. The van der Waals surface area contributed by atoms with E-state index in [1.165, 1.54) is 0 Å². The van der Waals surface area contributed by atoms with E-state index in [1.54, 1.807) is 12.3 Å². The van der Waals surface area contributed by atoms with Crippen LogP contribution in [0.15, 0.2) is 10.3 Å². The van der Waals surface area contributed by atoms with E-state index in [0.717, 1.165) is 37.3 Å². The van der Waals surface area contributed by atoms with E-state index in [2.05, 4.69) is 9.62 Å². The molecule has 0 atom stereocenters. The Morgan fingerprint density at radius 1 is 1.45 bits per heavy atom. The van der Waals surface area contributed by atoms with Crippen molar-refractivity contribution in [1.29, 1.82) is 0 Å². The molecule has 0 spiro atoms. The summed E-state index contributed by atoms with van der Waals surface area (Å²) in [5.41, 5.74) is 0.479. The van der Waals surface area contributed by atoms with E-state index in [9.17, 15) is 13.2 Å². The van der Waals surface area contributed by atoms with Gasteiger partial charge in [-0.1, -0.05) is 0 Å². The van der Waals surface area contributed by atoms with Gasteiger partial charge in [-0.2, -0.15) is 0 Å². The Kier molecular flexibility index (Phi) is 4.48. The van der Waals surface area contributed by atoms with E-state index >= 15 is 0 Å². The summed E-state index contributed by atoms with van der Waals surface area (Å²) in [6, 6.07) is -0.128. The third-order valence-electron chi connectivity index (χ3n) is 3.42. The largest absolute Gasteiger partial charge is 0.477 e. The first kappa shape index (κ1) is 15.4. The zero-order chi connectivity index (χ0) is 14.9. The number of likely N-dealkylation sites (tertiary alicyclic amines) is 1. The Bertz CT molecular complexity index is 601. The van der Waals surface area contributed by atoms with Crippen LogP contribution in [0.2, 0.25) is 0 Å². The molecule has 0 bridgehead atoms. The number of carboxylic acid groups (broad SMARTS) is 1. The molecular weight excluding hydrogens is 300 g/mol. The lowest BCUT2D eigenvalue weighted by Gasteiger charge is -2.29. The van der Waals surface area contributed by atoms with Gasteiger partial charge in [0, 0.05) is 6.04 Å². The highest BCUT2D eigenvalue weighted by molar-refractivity contribution is 7.89. The molecule has 0 aliphatic carbocycles. The SMILES string of the molecule is Cc1csc(C(=O)O)c1S(=O)(=O)NC1CCN(C)CC1. The number of piperidine rings is 1. The van der Waals surface area contributed by atoms with Gasteiger partial charge in [-0.15, -0.1) is 11.3 Å². The molecule has 112 valence electrons. The van der Waals surface area contributed by atoms with Crippen LogP contribution in [0, 0.1) is 6.92 Å². The van der Waals surface area contributed by atoms with Crippen molar-refractivity contribution in [2.24, 2.45) is 0 Å². The number of hydrogen-bond acceptors (Lipinski definition) is 5. The van der Waals surface area contributed by atoms with Crippen molar-refractivity contribution < 1.29 is 18.3 Å². The van der Waals surface area contributed by atoms with Gasteiger partial charge in [0.1, 0.15) is 9.77 Å². The van der Waals surface area contributed by atoms with Crippen LogP contribution >= 0.6 is 11.3 Å². The highest BCUT2D eigenvalue weighted by Gasteiger charge is 2.29. The second-order valence-electron chi connectivity index (χ2n) is 5.08. The minimum Gasteiger partial charge on any atom is -0.477 e. The van der Waals surface area contributed by atoms with Crippen molar-refractivity contribution in [1.82, 2.24) is 9.62 Å². The maximum absolute atomic E-state index is 12.4. The molecule has 1 aliphatic heterocycles. The Balaban J connectivity index is 2.23. The van der Waals surface area contributed by atoms with Crippen LogP contribution in [-0.2, 0) is 10.0 Å². The number of sulfonamides is 1. The maximum atomic E-state index is 12.4. The molecule has 0 saturated carbocycles. The van der Waals surface area contributed by atoms with Gasteiger partial charge >= 0.3 is 5.97 Å². The Hall–Kier alpha value is -0.960. The molecule has 6 nitrogen and oxygen atoms in total. The number of thiophene rings is 1. The summed E-state index contributed by atoms with van der Waals surface area (Å²) in [6.07, 6.45) is 1.47. The smallest absolute Gasteiger partial charge is 0.347 e. The van der Waals surface area contributed by atoms with E-state index in [0.29, 0.717) is 5.56 Å². The van der Waals surface area contributed by atoms with Crippen molar-refractivity contribution in [3.8, 4) is 0 Å². The lowest BCUT2D eigenvalue weighted by Crippen LogP contribution is -2.43. The quantitative estimate of drug-likeness (QED) is 0.869. The highest BCUT2D eigenvalue weighted by Crippen LogP contribution is 2.27. The molecule has 20 heavy (non-hydrogen) atoms. The van der Waals surface area contributed by atoms with Crippen molar-refractivity contribution in [2.45, 2.75) is 30.7 Å². The number of nitrogens with one attached hydrogen (secondary N) is 1. The van der Waals surface area contributed by atoms with Gasteiger partial charge in [-0.3, -0.25) is 0 Å². The summed E-state index contributed by atoms with van der Waals surface area (Å²) in [4.78, 5) is 13.1. The zero-order valence-electron chi connectivity index (χ0n) is 11.4. The van der Waals surface area contributed by atoms with Crippen LogP contribution in [0.25, 0.3) is 0 Å². The standard InChI is InChI=1S/C12H18N2O4S2/c1-8-7-19-10(12(15)16)11(8)20(17,18)13-9-3-5-14(2)6-4-9/h7,9,13H,3-6H2,1-2H3,(H,15,16). The molecule has 0 radical (unpaired) electrons. The zero-order valence-corrected chi connectivity index (χ0v) is 13.1. The van der Waals surface area contributed by atoms with Crippen molar-refractivity contribution in [3.63, 3.8) is 0 Å². The fraction of sp³-hybridized carbons (Fsp3) is 0.583. The van der Waals surface area contributed by atoms with E-state index < -0.39 is 16.0 Å². The third kappa shape index (κ3) is 3.20. The molecule has 0 amide bonds. The Labute approximate surface area is 122 Å². The van der Waals surface area contributed by atoms with Gasteiger partial charge in [0.05, 0.1) is 0 Å². The van der Waals surface area contributed by atoms with Crippen LogP contribution in [0.5, 0.6) is 0 Å². The summed E-state index contributed by atoms with van der Waals surface area (Å²) in [7, 11) is -1.78. The normalized spacial score (nSPS) is 18.3. The van der Waals surface area contributed by atoms with Crippen LogP contribution in [0.3, 0.4) is 0 Å². The predicted molar refractivity (Wildman–Crippen MR) is 76.9 cm³/mol. The number of aromatic carboxylic acids is 1. The van der Waals surface area contributed by atoms with E-state index in [1.807, 2.05) is 7.05 Å². The summed E-state index contributed by atoms with van der Waals surface area (Å²) in [6.45, 7) is 3.29. The van der Waals surface area contributed by atoms with E-state index in [4.69, 9.17) is 5.11 Å². The molecule has 0 aromatic carbocycles. The first-order valence-corrected chi connectivity index (χ1v) is 8.70. The first-order valence-electron chi connectivity index (χ1n) is 6.33. The van der Waals surface area contributed by atoms with Gasteiger partial charge in [0.2, 0.25) is 10.0 Å². The van der Waals surface area contributed by atoms with Gasteiger partial charge in [-0.05, 0) is 50.8 Å². The van der Waals surface area contributed by atoms with Crippen LogP contribution in [0.1, 0.15) is 28.1 Å². The second kappa shape index (κ2) is 5.80. The molecule has 2 rings (SSSR count). The number of aryl methyl sites for hydroxylation is 1. The molecule has 8 heteroatoms. The number of hydrogen-bond donors (Lipinski definition) is 2. The van der Waals surface area contributed by atoms with Gasteiger partial charge in [0.15, 0.2) is 0 Å². The minimum atomic E-state index is -3.78. The Morgan fingerprint density at radius 3 is 2.60 bits per heavy atom. The van der Waals surface area contributed by atoms with Crippen molar-refractivity contribution >= 4 is 27.3 Å². The Morgan fingerprint density at radius 2 is 2.05 bits per heavy atom. The summed E-state index contributed by atoms with van der Waals surface area (Å²) < 4.78 is 27.5. The number of carbonyl (C=O) groups is 1. The third-order valence-corrected chi connectivity index (χ3v) is 6.34. The second-order valence-corrected chi connectivity index (χ2v) is 7.61. The summed E-state index contributed by atoms with van der Waals surface area (Å²) in [5, 5.41) is 10.7. The van der Waals surface area contributed by atoms with Crippen LogP contribution < -0.4 is 4.72 Å². The molecular formula is C12H18N2O4S2. The monoisotopic (exact) mass is 318 g/mol. The molecule has 1 fully saturated rings. The fourth-order valence-electron chi connectivity index (χ4n) is 2.32. The molecule has 2 heterocycles. The number of rotatable bonds is 4. The molecule has 1 aliphatic rings.